The summed E-state index contributed by atoms with van der Waals surface area (Å²) in [6.45, 7) is 3.47. The van der Waals surface area contributed by atoms with Crippen molar-refractivity contribution in [3.8, 4) is 0 Å². The van der Waals surface area contributed by atoms with Crippen LogP contribution in [0, 0.1) is 0 Å². The Morgan fingerprint density at radius 1 is 1.54 bits per heavy atom. The highest BCUT2D eigenvalue weighted by Crippen LogP contribution is 2.07. The van der Waals surface area contributed by atoms with Crippen molar-refractivity contribution in [2.75, 3.05) is 13.1 Å². The van der Waals surface area contributed by atoms with Crippen molar-refractivity contribution in [2.45, 2.75) is 25.8 Å². The Morgan fingerprint density at radius 3 is 2.54 bits per heavy atom. The molecule has 1 unspecified atom stereocenters. The molecular formula is C8H15N3OS. The van der Waals surface area contributed by atoms with Crippen LogP contribution in [0.5, 0.6) is 0 Å². The summed E-state index contributed by atoms with van der Waals surface area (Å²) in [6, 6.07) is -0.277. The maximum atomic E-state index is 11.5. The SMILES string of the molecule is CC(NC(=O)N1CCCC1)C(N)=S. The highest BCUT2D eigenvalue weighted by molar-refractivity contribution is 7.80. The molecule has 4 nitrogen and oxygen atoms in total. The first-order valence-electron chi connectivity index (χ1n) is 4.46. The molecule has 0 aromatic rings. The maximum Gasteiger partial charge on any atom is 0.317 e. The molecule has 0 bridgehead atoms. The first-order valence-corrected chi connectivity index (χ1v) is 4.87. The molecule has 74 valence electrons. The number of hydrogen-bond acceptors (Lipinski definition) is 2. The number of nitrogens with zero attached hydrogens (tertiary/aromatic N) is 1. The summed E-state index contributed by atoms with van der Waals surface area (Å²) in [7, 11) is 0. The van der Waals surface area contributed by atoms with E-state index in [1.54, 1.807) is 11.8 Å². The van der Waals surface area contributed by atoms with Crippen LogP contribution in [0.2, 0.25) is 0 Å². The molecule has 2 amide bonds. The third kappa shape index (κ3) is 2.84. The van der Waals surface area contributed by atoms with E-state index in [9.17, 15) is 4.79 Å². The molecule has 0 radical (unpaired) electrons. The zero-order chi connectivity index (χ0) is 9.84. The summed E-state index contributed by atoms with van der Waals surface area (Å²) < 4.78 is 0. The molecule has 13 heavy (non-hydrogen) atoms. The minimum absolute atomic E-state index is 0.0576. The fourth-order valence-electron chi connectivity index (χ4n) is 1.27. The van der Waals surface area contributed by atoms with Gasteiger partial charge in [-0.1, -0.05) is 12.2 Å². The van der Waals surface area contributed by atoms with Crippen LogP contribution in [0.4, 0.5) is 4.79 Å². The standard InChI is InChI=1S/C8H15N3OS/c1-6(7(9)13)10-8(12)11-4-2-3-5-11/h6H,2-5H2,1H3,(H2,9,13)(H,10,12). The van der Waals surface area contributed by atoms with E-state index in [2.05, 4.69) is 5.32 Å². The molecule has 0 saturated carbocycles. The molecule has 0 spiro atoms. The van der Waals surface area contributed by atoms with E-state index >= 15 is 0 Å². The number of carbonyl (C=O) groups is 1. The molecule has 3 N–H and O–H groups in total. The van der Waals surface area contributed by atoms with Crippen molar-refractivity contribution >= 4 is 23.2 Å². The number of urea groups is 1. The highest BCUT2D eigenvalue weighted by atomic mass is 32.1. The number of thiocarbonyl (C=S) groups is 1. The number of likely N-dealkylation sites (tertiary alicyclic amines) is 1. The summed E-state index contributed by atoms with van der Waals surface area (Å²) in [4.78, 5) is 13.6. The lowest BCUT2D eigenvalue weighted by atomic mass is 10.3. The van der Waals surface area contributed by atoms with Gasteiger partial charge in [-0.25, -0.2) is 4.79 Å². The number of nitrogens with one attached hydrogen (secondary N) is 1. The minimum Gasteiger partial charge on any atom is -0.392 e. The van der Waals surface area contributed by atoms with Gasteiger partial charge in [0.25, 0.3) is 0 Å². The van der Waals surface area contributed by atoms with Gasteiger partial charge in [-0.15, -0.1) is 0 Å². The van der Waals surface area contributed by atoms with E-state index in [4.69, 9.17) is 18.0 Å². The molecule has 1 aliphatic rings. The van der Waals surface area contributed by atoms with Gasteiger partial charge in [-0.05, 0) is 19.8 Å². The lowest BCUT2D eigenvalue weighted by Gasteiger charge is -2.19. The molecule has 1 heterocycles. The van der Waals surface area contributed by atoms with E-state index < -0.39 is 0 Å². The lowest BCUT2D eigenvalue weighted by molar-refractivity contribution is 0.208. The molecule has 1 rings (SSSR count). The Labute approximate surface area is 83.5 Å². The molecule has 5 heteroatoms. The Balaban J connectivity index is 2.35. The Bertz CT molecular complexity index is 213. The summed E-state index contributed by atoms with van der Waals surface area (Å²) in [6.07, 6.45) is 2.18. The minimum atomic E-state index is -0.219. The van der Waals surface area contributed by atoms with Crippen molar-refractivity contribution < 1.29 is 4.79 Å². The largest absolute Gasteiger partial charge is 0.392 e. The summed E-state index contributed by atoms with van der Waals surface area (Å²) in [5.74, 6) is 0. The van der Waals surface area contributed by atoms with Crippen LogP contribution in [0.3, 0.4) is 0 Å². The fraction of sp³-hybridized carbons (Fsp3) is 0.750. The second-order valence-corrected chi connectivity index (χ2v) is 3.74. The van der Waals surface area contributed by atoms with Crippen molar-refractivity contribution in [1.82, 2.24) is 10.2 Å². The smallest absolute Gasteiger partial charge is 0.317 e. The molecule has 1 fully saturated rings. The predicted octanol–water partition coefficient (Wildman–Crippen LogP) is 0.466. The monoisotopic (exact) mass is 201 g/mol. The van der Waals surface area contributed by atoms with Crippen LogP contribution >= 0.6 is 12.2 Å². The number of amides is 2. The van der Waals surface area contributed by atoms with Gasteiger partial charge in [0.05, 0.1) is 11.0 Å². The molecule has 1 atom stereocenters. The van der Waals surface area contributed by atoms with Crippen LogP contribution in [-0.4, -0.2) is 35.1 Å². The third-order valence-corrected chi connectivity index (χ3v) is 2.51. The maximum absolute atomic E-state index is 11.5. The highest BCUT2D eigenvalue weighted by Gasteiger charge is 2.19. The van der Waals surface area contributed by atoms with Crippen LogP contribution in [0.15, 0.2) is 0 Å². The van der Waals surface area contributed by atoms with Crippen molar-refractivity contribution in [3.05, 3.63) is 0 Å². The Kier molecular flexibility index (Phi) is 3.48. The van der Waals surface area contributed by atoms with Gasteiger partial charge < -0.3 is 16.0 Å². The molecule has 0 aromatic heterocycles. The van der Waals surface area contributed by atoms with Gasteiger partial charge in [-0.3, -0.25) is 0 Å². The second-order valence-electron chi connectivity index (χ2n) is 3.27. The van der Waals surface area contributed by atoms with Crippen LogP contribution in [-0.2, 0) is 0 Å². The first-order chi connectivity index (χ1) is 6.11. The number of carbonyl (C=O) groups excluding carboxylic acids is 1. The Hall–Kier alpha value is -0.840. The van der Waals surface area contributed by atoms with Gasteiger partial charge in [0, 0.05) is 13.1 Å². The quantitative estimate of drug-likeness (QED) is 0.638. The lowest BCUT2D eigenvalue weighted by Crippen LogP contribution is -2.47. The zero-order valence-corrected chi connectivity index (χ0v) is 8.56. The number of hydrogen-bond donors (Lipinski definition) is 2. The first kappa shape index (κ1) is 10.2. The van der Waals surface area contributed by atoms with E-state index in [1.165, 1.54) is 0 Å². The van der Waals surface area contributed by atoms with E-state index in [-0.39, 0.29) is 12.1 Å². The van der Waals surface area contributed by atoms with E-state index in [0.29, 0.717) is 4.99 Å². The van der Waals surface area contributed by atoms with Gasteiger partial charge in [-0.2, -0.15) is 0 Å². The molecule has 0 aromatic carbocycles. The van der Waals surface area contributed by atoms with Crippen molar-refractivity contribution in [1.29, 1.82) is 0 Å². The van der Waals surface area contributed by atoms with Gasteiger partial charge in [0.15, 0.2) is 0 Å². The average Bonchev–Trinajstić information content (AvgIpc) is 2.55. The number of rotatable bonds is 2. The molecule has 0 aliphatic carbocycles. The second kappa shape index (κ2) is 4.41. The van der Waals surface area contributed by atoms with Crippen LogP contribution < -0.4 is 11.1 Å². The van der Waals surface area contributed by atoms with E-state index in [0.717, 1.165) is 25.9 Å². The summed E-state index contributed by atoms with van der Waals surface area (Å²) in [5, 5.41) is 2.74. The third-order valence-electron chi connectivity index (χ3n) is 2.16. The van der Waals surface area contributed by atoms with Gasteiger partial charge in [0.1, 0.15) is 0 Å². The normalized spacial score (nSPS) is 18.4. The molecule has 1 aliphatic heterocycles. The zero-order valence-electron chi connectivity index (χ0n) is 7.75. The topological polar surface area (TPSA) is 58.4 Å². The Morgan fingerprint density at radius 2 is 2.08 bits per heavy atom. The van der Waals surface area contributed by atoms with Crippen LogP contribution in [0.25, 0.3) is 0 Å². The van der Waals surface area contributed by atoms with Gasteiger partial charge in [0.2, 0.25) is 0 Å². The average molecular weight is 201 g/mol. The molecule has 1 saturated heterocycles. The fourth-order valence-corrected chi connectivity index (χ4v) is 1.33. The summed E-state index contributed by atoms with van der Waals surface area (Å²) >= 11 is 4.76. The predicted molar refractivity (Wildman–Crippen MR) is 55.6 cm³/mol. The van der Waals surface area contributed by atoms with Crippen LogP contribution in [0.1, 0.15) is 19.8 Å². The van der Waals surface area contributed by atoms with Crippen molar-refractivity contribution in [2.24, 2.45) is 5.73 Å². The summed E-state index contributed by atoms with van der Waals surface area (Å²) in [5.41, 5.74) is 5.38. The van der Waals surface area contributed by atoms with Crippen molar-refractivity contribution in [3.63, 3.8) is 0 Å². The van der Waals surface area contributed by atoms with Gasteiger partial charge >= 0.3 is 6.03 Å². The van der Waals surface area contributed by atoms with E-state index in [1.807, 2.05) is 0 Å². The number of nitrogens with two attached hydrogens (primary N) is 1. The molecular weight excluding hydrogens is 186 g/mol.